The number of rotatable bonds is 8. The summed E-state index contributed by atoms with van der Waals surface area (Å²) < 4.78 is 35.4. The van der Waals surface area contributed by atoms with Crippen molar-refractivity contribution < 1.29 is 22.7 Å². The summed E-state index contributed by atoms with van der Waals surface area (Å²) in [4.78, 5) is 13.2. The van der Waals surface area contributed by atoms with Gasteiger partial charge in [-0.15, -0.1) is 0 Å². The highest BCUT2D eigenvalue weighted by Gasteiger charge is 2.14. The van der Waals surface area contributed by atoms with Crippen molar-refractivity contribution in [1.29, 1.82) is 0 Å². The van der Waals surface area contributed by atoms with Crippen LogP contribution in [0, 0.1) is 0 Å². The Morgan fingerprint density at radius 3 is 2.45 bits per heavy atom. The molecule has 0 aliphatic carbocycles. The van der Waals surface area contributed by atoms with Gasteiger partial charge in [0.1, 0.15) is 0 Å². The zero-order valence-electron chi connectivity index (χ0n) is 17.0. The predicted octanol–water partition coefficient (Wildman–Crippen LogP) is 2.36. The molecule has 2 aromatic carbocycles. The van der Waals surface area contributed by atoms with Crippen LogP contribution in [0.5, 0.6) is 11.5 Å². The Bertz CT molecular complexity index is 1200. The maximum absolute atomic E-state index is 12.4. The molecule has 0 fully saturated rings. The second kappa shape index (κ2) is 9.30. The summed E-state index contributed by atoms with van der Waals surface area (Å²) in [5.41, 5.74) is 2.44. The van der Waals surface area contributed by atoms with Gasteiger partial charge in [-0.05, 0) is 42.5 Å². The number of ether oxygens (including phenoxy) is 2. The van der Waals surface area contributed by atoms with Crippen LogP contribution in [0.4, 0.5) is 5.69 Å². The third kappa shape index (κ3) is 5.20. The van der Waals surface area contributed by atoms with Crippen molar-refractivity contribution in [2.45, 2.75) is 11.8 Å². The quantitative estimate of drug-likeness (QED) is 0.361. The van der Waals surface area contributed by atoms with Crippen LogP contribution in [-0.2, 0) is 14.8 Å². The van der Waals surface area contributed by atoms with Gasteiger partial charge in [-0.25, -0.2) is 4.83 Å². The van der Waals surface area contributed by atoms with Gasteiger partial charge < -0.3 is 14.8 Å². The lowest BCUT2D eigenvalue weighted by Gasteiger charge is -2.09. The van der Waals surface area contributed by atoms with E-state index in [0.29, 0.717) is 28.4 Å². The lowest BCUT2D eigenvalue weighted by atomic mass is 10.1. The normalized spacial score (nSPS) is 11.3. The Labute approximate surface area is 179 Å². The number of amides is 1. The van der Waals surface area contributed by atoms with Crippen LogP contribution >= 0.6 is 0 Å². The van der Waals surface area contributed by atoms with Gasteiger partial charge in [0, 0.05) is 23.7 Å². The molecule has 3 N–H and O–H groups in total. The molecule has 0 saturated carbocycles. The van der Waals surface area contributed by atoms with Crippen LogP contribution in [0.15, 0.2) is 58.7 Å². The average Bonchev–Trinajstić information content (AvgIpc) is 3.21. The van der Waals surface area contributed by atoms with Crippen molar-refractivity contribution in [3.63, 3.8) is 0 Å². The smallest absolute Gasteiger partial charge is 0.276 e. The van der Waals surface area contributed by atoms with Gasteiger partial charge in [0.05, 0.1) is 37.2 Å². The SMILES string of the molecule is COc1ccc(-c2[nH]ncc2C=NNS(=O)(=O)c2ccc(NC(C)=O)cc2)cc1OC. The maximum Gasteiger partial charge on any atom is 0.276 e. The molecule has 1 heterocycles. The first-order chi connectivity index (χ1) is 14.8. The maximum atomic E-state index is 12.4. The summed E-state index contributed by atoms with van der Waals surface area (Å²) in [6.07, 6.45) is 2.87. The van der Waals surface area contributed by atoms with Crippen LogP contribution in [0.3, 0.4) is 0 Å². The van der Waals surface area contributed by atoms with E-state index in [1.807, 2.05) is 6.07 Å². The third-order valence-corrected chi connectivity index (χ3v) is 5.44. The van der Waals surface area contributed by atoms with Crippen LogP contribution in [0.1, 0.15) is 12.5 Å². The van der Waals surface area contributed by atoms with Crippen molar-refractivity contribution >= 4 is 27.8 Å². The van der Waals surface area contributed by atoms with Crippen molar-refractivity contribution in [3.05, 3.63) is 54.2 Å². The molecule has 3 aromatic rings. The van der Waals surface area contributed by atoms with E-state index >= 15 is 0 Å². The molecule has 162 valence electrons. The fraction of sp³-hybridized carbons (Fsp3) is 0.150. The van der Waals surface area contributed by atoms with Crippen LogP contribution in [-0.4, -0.2) is 45.0 Å². The van der Waals surface area contributed by atoms with Gasteiger partial charge in [0.15, 0.2) is 11.5 Å². The number of hydrogen-bond donors (Lipinski definition) is 3. The lowest BCUT2D eigenvalue weighted by molar-refractivity contribution is -0.114. The fourth-order valence-electron chi connectivity index (χ4n) is 2.75. The Morgan fingerprint density at radius 1 is 1.10 bits per heavy atom. The number of H-pyrrole nitrogens is 1. The Kier molecular flexibility index (Phi) is 6.55. The van der Waals surface area contributed by atoms with Crippen LogP contribution < -0.4 is 19.6 Å². The first-order valence-electron chi connectivity index (χ1n) is 9.02. The highest BCUT2D eigenvalue weighted by molar-refractivity contribution is 7.89. The second-order valence-corrected chi connectivity index (χ2v) is 7.99. The standard InChI is InChI=1S/C20H21N5O5S/c1-13(26)23-16-5-7-17(8-6-16)31(27,28)25-22-12-15-11-21-24-20(15)14-4-9-18(29-2)19(10-14)30-3/h4-12,25H,1-3H3,(H,21,24)(H,23,26). The number of hydrogen-bond acceptors (Lipinski definition) is 7. The number of aromatic amines is 1. The highest BCUT2D eigenvalue weighted by Crippen LogP contribution is 2.32. The minimum Gasteiger partial charge on any atom is -0.493 e. The topological polar surface area (TPSA) is 135 Å². The first kappa shape index (κ1) is 21.8. The zero-order chi connectivity index (χ0) is 22.4. The number of nitrogens with zero attached hydrogens (tertiary/aromatic N) is 2. The summed E-state index contributed by atoms with van der Waals surface area (Å²) >= 11 is 0. The molecule has 0 spiro atoms. The van der Waals surface area contributed by atoms with Gasteiger partial charge >= 0.3 is 0 Å². The zero-order valence-corrected chi connectivity index (χ0v) is 17.9. The Balaban J connectivity index is 1.76. The van der Waals surface area contributed by atoms with E-state index in [4.69, 9.17) is 9.47 Å². The van der Waals surface area contributed by atoms with Crippen LogP contribution in [0.2, 0.25) is 0 Å². The van der Waals surface area contributed by atoms with Crippen LogP contribution in [0.25, 0.3) is 11.3 Å². The van der Waals surface area contributed by atoms with E-state index in [0.717, 1.165) is 5.56 Å². The molecule has 11 heteroatoms. The van der Waals surface area contributed by atoms with Crippen molar-refractivity contribution in [2.24, 2.45) is 5.10 Å². The van der Waals surface area contributed by atoms with E-state index in [9.17, 15) is 13.2 Å². The van der Waals surface area contributed by atoms with E-state index in [1.165, 1.54) is 50.7 Å². The number of carbonyl (C=O) groups excluding carboxylic acids is 1. The molecule has 1 amide bonds. The summed E-state index contributed by atoms with van der Waals surface area (Å²) in [6, 6.07) is 11.1. The van der Waals surface area contributed by atoms with Gasteiger partial charge in [-0.1, -0.05) is 0 Å². The number of anilines is 1. The van der Waals surface area contributed by atoms with Gasteiger partial charge in [0.25, 0.3) is 10.0 Å². The largest absolute Gasteiger partial charge is 0.493 e. The molecule has 0 radical (unpaired) electrons. The number of methoxy groups -OCH3 is 2. The Hall–Kier alpha value is -3.86. The first-order valence-corrected chi connectivity index (χ1v) is 10.5. The number of hydrazone groups is 1. The summed E-state index contributed by atoms with van der Waals surface area (Å²) in [5.74, 6) is 0.878. The average molecular weight is 443 g/mol. The van der Waals surface area contributed by atoms with Crippen molar-refractivity contribution in [1.82, 2.24) is 15.0 Å². The molecule has 1 aromatic heterocycles. The molecule has 10 nitrogen and oxygen atoms in total. The molecule has 0 atom stereocenters. The molecule has 0 unspecified atom stereocenters. The fourth-order valence-corrected chi connectivity index (χ4v) is 3.55. The highest BCUT2D eigenvalue weighted by atomic mass is 32.2. The van der Waals surface area contributed by atoms with Gasteiger partial charge in [-0.2, -0.15) is 18.6 Å². The van der Waals surface area contributed by atoms with Gasteiger partial charge in [0.2, 0.25) is 5.91 Å². The molecule has 3 rings (SSSR count). The molecular weight excluding hydrogens is 422 g/mol. The molecule has 31 heavy (non-hydrogen) atoms. The minimum absolute atomic E-state index is 0.00561. The third-order valence-electron chi connectivity index (χ3n) is 4.20. The molecular formula is C20H21N5O5S. The lowest BCUT2D eigenvalue weighted by Crippen LogP contribution is -2.18. The number of aromatic nitrogens is 2. The monoisotopic (exact) mass is 443 g/mol. The molecule has 0 aliphatic rings. The molecule has 0 aliphatic heterocycles. The van der Waals surface area contributed by atoms with E-state index in [2.05, 4.69) is 25.4 Å². The summed E-state index contributed by atoms with van der Waals surface area (Å²) in [5, 5.41) is 13.3. The number of benzene rings is 2. The van der Waals surface area contributed by atoms with E-state index in [1.54, 1.807) is 19.2 Å². The summed E-state index contributed by atoms with van der Waals surface area (Å²) in [6.45, 7) is 1.37. The van der Waals surface area contributed by atoms with Crippen molar-refractivity contribution in [2.75, 3.05) is 19.5 Å². The molecule has 0 bridgehead atoms. The Morgan fingerprint density at radius 2 is 1.81 bits per heavy atom. The van der Waals surface area contributed by atoms with Gasteiger partial charge in [-0.3, -0.25) is 9.89 Å². The number of sulfonamides is 1. The predicted molar refractivity (Wildman–Crippen MR) is 116 cm³/mol. The second-order valence-electron chi connectivity index (χ2n) is 6.33. The minimum atomic E-state index is -3.88. The van der Waals surface area contributed by atoms with E-state index in [-0.39, 0.29) is 10.8 Å². The van der Waals surface area contributed by atoms with Crippen molar-refractivity contribution in [3.8, 4) is 22.8 Å². The van der Waals surface area contributed by atoms with E-state index < -0.39 is 10.0 Å². The molecule has 0 saturated heterocycles. The number of carbonyl (C=O) groups is 1. The summed E-state index contributed by atoms with van der Waals surface area (Å²) in [7, 11) is -0.801. The number of nitrogens with one attached hydrogen (secondary N) is 3.